The second-order valence-corrected chi connectivity index (χ2v) is 5.45. The van der Waals surface area contributed by atoms with Gasteiger partial charge in [0.25, 0.3) is 0 Å². The van der Waals surface area contributed by atoms with E-state index in [4.69, 9.17) is 9.47 Å². The standard InChI is InChI=1S/C16H25NO4/c1-11(2)8-13(16(18)19)10-17-9-12-6-5-7-14(20-3)15(12)21-4/h5-7,11,13,17H,8-10H2,1-4H3,(H,18,19). The molecule has 2 N–H and O–H groups in total. The van der Waals surface area contributed by atoms with Crippen molar-refractivity contribution in [2.45, 2.75) is 26.8 Å². The molecule has 0 aliphatic heterocycles. The van der Waals surface area contributed by atoms with Crippen LogP contribution in [0.4, 0.5) is 0 Å². The highest BCUT2D eigenvalue weighted by Gasteiger charge is 2.18. The van der Waals surface area contributed by atoms with E-state index in [1.54, 1.807) is 14.2 Å². The molecular formula is C16H25NO4. The number of carboxylic acid groups (broad SMARTS) is 1. The fourth-order valence-electron chi connectivity index (χ4n) is 2.31. The molecule has 0 aromatic heterocycles. The van der Waals surface area contributed by atoms with Gasteiger partial charge in [-0.25, -0.2) is 0 Å². The summed E-state index contributed by atoms with van der Waals surface area (Å²) in [5.74, 6) is 0.590. The molecule has 5 heteroatoms. The second-order valence-electron chi connectivity index (χ2n) is 5.45. The summed E-state index contributed by atoms with van der Waals surface area (Å²) in [5, 5.41) is 12.4. The molecule has 21 heavy (non-hydrogen) atoms. The van der Waals surface area contributed by atoms with Crippen LogP contribution in [0.3, 0.4) is 0 Å². The second kappa shape index (κ2) is 8.52. The Morgan fingerprint density at radius 3 is 2.52 bits per heavy atom. The lowest BCUT2D eigenvalue weighted by molar-refractivity contribution is -0.142. The number of hydrogen-bond acceptors (Lipinski definition) is 4. The molecule has 0 aliphatic rings. The molecule has 0 radical (unpaired) electrons. The third-order valence-electron chi connectivity index (χ3n) is 3.30. The molecular weight excluding hydrogens is 270 g/mol. The third kappa shape index (κ3) is 5.27. The molecule has 0 aliphatic carbocycles. The highest BCUT2D eigenvalue weighted by molar-refractivity contribution is 5.70. The Labute approximate surface area is 126 Å². The molecule has 118 valence electrons. The summed E-state index contributed by atoms with van der Waals surface area (Å²) in [7, 11) is 3.19. The Balaban J connectivity index is 2.64. The van der Waals surface area contributed by atoms with Crippen LogP contribution in [0.15, 0.2) is 18.2 Å². The summed E-state index contributed by atoms with van der Waals surface area (Å²) in [6, 6.07) is 5.66. The molecule has 1 unspecified atom stereocenters. The first kappa shape index (κ1) is 17.3. The lowest BCUT2D eigenvalue weighted by Crippen LogP contribution is -2.29. The monoisotopic (exact) mass is 295 g/mol. The van der Waals surface area contributed by atoms with E-state index in [0.717, 1.165) is 5.56 Å². The van der Waals surface area contributed by atoms with Gasteiger partial charge in [0.1, 0.15) is 0 Å². The summed E-state index contributed by atoms with van der Waals surface area (Å²) < 4.78 is 10.6. The maximum atomic E-state index is 11.2. The van der Waals surface area contributed by atoms with E-state index in [9.17, 15) is 9.90 Å². The van der Waals surface area contributed by atoms with Crippen LogP contribution in [0.25, 0.3) is 0 Å². The molecule has 0 saturated heterocycles. The van der Waals surface area contributed by atoms with Gasteiger partial charge >= 0.3 is 5.97 Å². The summed E-state index contributed by atoms with van der Waals surface area (Å²) in [4.78, 5) is 11.2. The van der Waals surface area contributed by atoms with Gasteiger partial charge < -0.3 is 19.9 Å². The lowest BCUT2D eigenvalue weighted by Gasteiger charge is -2.17. The number of methoxy groups -OCH3 is 2. The number of rotatable bonds is 9. The SMILES string of the molecule is COc1cccc(CNCC(CC(C)C)C(=O)O)c1OC. The fraction of sp³-hybridized carbons (Fsp3) is 0.562. The van der Waals surface area contributed by atoms with Crippen LogP contribution in [0.1, 0.15) is 25.8 Å². The van der Waals surface area contributed by atoms with Gasteiger partial charge in [0.15, 0.2) is 11.5 Å². The minimum Gasteiger partial charge on any atom is -0.493 e. The molecule has 0 heterocycles. The molecule has 0 spiro atoms. The van der Waals surface area contributed by atoms with Crippen LogP contribution in [-0.4, -0.2) is 31.8 Å². The van der Waals surface area contributed by atoms with Crippen LogP contribution >= 0.6 is 0 Å². The Hall–Kier alpha value is -1.75. The van der Waals surface area contributed by atoms with Gasteiger partial charge in [-0.3, -0.25) is 4.79 Å². The zero-order chi connectivity index (χ0) is 15.8. The first-order chi connectivity index (χ1) is 9.99. The first-order valence-electron chi connectivity index (χ1n) is 7.13. The minimum absolute atomic E-state index is 0.360. The predicted octanol–water partition coefficient (Wildman–Crippen LogP) is 2.54. The number of carboxylic acids is 1. The lowest BCUT2D eigenvalue weighted by atomic mass is 9.97. The van der Waals surface area contributed by atoms with Crippen molar-refractivity contribution in [3.63, 3.8) is 0 Å². The number of carbonyl (C=O) groups is 1. The molecule has 0 saturated carbocycles. The highest BCUT2D eigenvalue weighted by Crippen LogP contribution is 2.30. The van der Waals surface area contributed by atoms with Crippen molar-refractivity contribution >= 4 is 5.97 Å². The quantitative estimate of drug-likeness (QED) is 0.733. The van der Waals surface area contributed by atoms with Crippen LogP contribution in [-0.2, 0) is 11.3 Å². The molecule has 0 fully saturated rings. The van der Waals surface area contributed by atoms with E-state index in [1.807, 2.05) is 32.0 Å². The van der Waals surface area contributed by atoms with Crippen LogP contribution in [0.2, 0.25) is 0 Å². The van der Waals surface area contributed by atoms with Gasteiger partial charge in [-0.15, -0.1) is 0 Å². The fourth-order valence-corrected chi connectivity index (χ4v) is 2.31. The van der Waals surface area contributed by atoms with Gasteiger partial charge in [0, 0.05) is 18.7 Å². The minimum atomic E-state index is -0.756. The average Bonchev–Trinajstić information content (AvgIpc) is 2.45. The van der Waals surface area contributed by atoms with Gasteiger partial charge in [0.2, 0.25) is 0 Å². The van der Waals surface area contributed by atoms with Gasteiger partial charge in [-0.05, 0) is 18.4 Å². The smallest absolute Gasteiger partial charge is 0.307 e. The van der Waals surface area contributed by atoms with Crippen molar-refractivity contribution in [1.82, 2.24) is 5.32 Å². The Kier molecular flexibility index (Phi) is 7.02. The number of nitrogens with one attached hydrogen (secondary N) is 1. The van der Waals surface area contributed by atoms with Crippen LogP contribution < -0.4 is 14.8 Å². The number of ether oxygens (including phenoxy) is 2. The molecule has 5 nitrogen and oxygen atoms in total. The summed E-state index contributed by atoms with van der Waals surface area (Å²) in [6.45, 7) is 5.04. The van der Waals surface area contributed by atoms with E-state index < -0.39 is 5.97 Å². The van der Waals surface area contributed by atoms with E-state index in [-0.39, 0.29) is 5.92 Å². The van der Waals surface area contributed by atoms with Gasteiger partial charge in [-0.2, -0.15) is 0 Å². The number of para-hydroxylation sites is 1. The summed E-state index contributed by atoms with van der Waals surface area (Å²) >= 11 is 0. The average molecular weight is 295 g/mol. The van der Waals surface area contributed by atoms with Crippen molar-refractivity contribution in [2.75, 3.05) is 20.8 Å². The third-order valence-corrected chi connectivity index (χ3v) is 3.30. The molecule has 1 aromatic carbocycles. The van der Waals surface area contributed by atoms with Gasteiger partial charge in [-0.1, -0.05) is 26.0 Å². The van der Waals surface area contributed by atoms with Crippen molar-refractivity contribution < 1.29 is 19.4 Å². The Bertz CT molecular complexity index is 460. The van der Waals surface area contributed by atoms with E-state index in [1.165, 1.54) is 0 Å². The van der Waals surface area contributed by atoms with E-state index in [2.05, 4.69) is 5.32 Å². The predicted molar refractivity (Wildman–Crippen MR) is 81.8 cm³/mol. The number of benzene rings is 1. The molecule has 1 rings (SSSR count). The van der Waals surface area contributed by atoms with Crippen molar-refractivity contribution in [3.8, 4) is 11.5 Å². The molecule has 0 bridgehead atoms. The maximum absolute atomic E-state index is 11.2. The van der Waals surface area contributed by atoms with Crippen LogP contribution in [0, 0.1) is 11.8 Å². The first-order valence-corrected chi connectivity index (χ1v) is 7.13. The number of aliphatic carboxylic acids is 1. The highest BCUT2D eigenvalue weighted by atomic mass is 16.5. The zero-order valence-electron chi connectivity index (χ0n) is 13.2. The Morgan fingerprint density at radius 2 is 2.00 bits per heavy atom. The van der Waals surface area contributed by atoms with E-state index >= 15 is 0 Å². The van der Waals surface area contributed by atoms with Gasteiger partial charge in [0.05, 0.1) is 20.1 Å². The van der Waals surface area contributed by atoms with E-state index in [0.29, 0.717) is 36.9 Å². The largest absolute Gasteiger partial charge is 0.493 e. The molecule has 1 aromatic rings. The topological polar surface area (TPSA) is 67.8 Å². The summed E-state index contributed by atoms with van der Waals surface area (Å²) in [6.07, 6.45) is 0.664. The zero-order valence-corrected chi connectivity index (χ0v) is 13.2. The normalized spacial score (nSPS) is 12.2. The maximum Gasteiger partial charge on any atom is 0.307 e. The van der Waals surface area contributed by atoms with Crippen LogP contribution in [0.5, 0.6) is 11.5 Å². The summed E-state index contributed by atoms with van der Waals surface area (Å²) in [5.41, 5.74) is 0.950. The van der Waals surface area contributed by atoms with Crippen molar-refractivity contribution in [3.05, 3.63) is 23.8 Å². The Morgan fingerprint density at radius 1 is 1.29 bits per heavy atom. The van der Waals surface area contributed by atoms with Crippen molar-refractivity contribution in [1.29, 1.82) is 0 Å². The molecule has 0 amide bonds. The number of hydrogen-bond donors (Lipinski definition) is 2. The molecule has 1 atom stereocenters. The van der Waals surface area contributed by atoms with Crippen molar-refractivity contribution in [2.24, 2.45) is 11.8 Å².